The molecule has 1 heterocycles. The first-order valence-corrected chi connectivity index (χ1v) is 28.4. The molecule has 0 amide bonds. The maximum Gasteiger partial charge on any atom is 0.0541 e. The fraction of sp³-hybridized carbons (Fsp3) is 0.0250. The van der Waals surface area contributed by atoms with Gasteiger partial charge in [0.1, 0.15) is 0 Å². The minimum absolute atomic E-state index is 1.08. The quantitative estimate of drug-likeness (QED) is 0.124. The third kappa shape index (κ3) is 8.35. The minimum atomic E-state index is 1.08. The molecule has 2 heteroatoms. The van der Waals surface area contributed by atoms with Crippen molar-refractivity contribution < 1.29 is 0 Å². The van der Waals surface area contributed by atoms with Gasteiger partial charge in [-0.3, -0.25) is 0 Å². The van der Waals surface area contributed by atoms with Gasteiger partial charge in [-0.1, -0.05) is 224 Å². The number of fused-ring (bicyclic) bond motifs is 6. The lowest BCUT2D eigenvalue weighted by Gasteiger charge is -2.29. The number of hydrogen-bond donors (Lipinski definition) is 0. The summed E-state index contributed by atoms with van der Waals surface area (Å²) in [4.78, 5) is 2.42. The van der Waals surface area contributed by atoms with E-state index in [0.29, 0.717) is 0 Å². The summed E-state index contributed by atoms with van der Waals surface area (Å²) < 4.78 is 2.45. The van der Waals surface area contributed by atoms with Crippen LogP contribution in [-0.2, 0) is 0 Å². The Labute approximate surface area is 478 Å². The molecule has 15 aromatic rings. The lowest BCUT2D eigenvalue weighted by molar-refractivity contribution is 1.17. The van der Waals surface area contributed by atoms with Crippen LogP contribution in [0.1, 0.15) is 11.1 Å². The Bertz CT molecular complexity index is 4720. The lowest BCUT2D eigenvalue weighted by Crippen LogP contribution is -2.12. The van der Waals surface area contributed by atoms with E-state index < -0.39 is 0 Å². The zero-order valence-corrected chi connectivity index (χ0v) is 45.8. The standard InChI is InChI=1S/C80H56N2/c1-53-49-78(54(2)48-73(53)80-71-36-20-18-34-69(71)79(70-35-19-21-37-72(70)80)61-39-38-55-22-12-13-27-58(55)50-61)81(62-28-10-5-11-29-62)63-42-44-64(45-43-63)82-76-46-40-59(67-32-16-14-30-65(67)56-23-6-3-7-24-56)51-74(76)75-52-60(41-47-77(75)82)68-33-17-15-31-66(68)57-25-8-4-9-26-57/h3-52H,1-2H3. The van der Waals surface area contributed by atoms with E-state index in [4.69, 9.17) is 0 Å². The summed E-state index contributed by atoms with van der Waals surface area (Å²) >= 11 is 0. The minimum Gasteiger partial charge on any atom is -0.310 e. The van der Waals surface area contributed by atoms with Gasteiger partial charge in [-0.2, -0.15) is 0 Å². The van der Waals surface area contributed by atoms with Gasteiger partial charge in [-0.25, -0.2) is 0 Å². The van der Waals surface area contributed by atoms with Crippen LogP contribution in [0, 0.1) is 13.8 Å². The van der Waals surface area contributed by atoms with Gasteiger partial charge in [0.25, 0.3) is 0 Å². The number of para-hydroxylation sites is 1. The molecular weight excluding hydrogens is 989 g/mol. The van der Waals surface area contributed by atoms with Gasteiger partial charge in [-0.15, -0.1) is 0 Å². The molecule has 0 radical (unpaired) electrons. The molecule has 0 aliphatic carbocycles. The van der Waals surface area contributed by atoms with Crippen molar-refractivity contribution in [3.8, 4) is 72.4 Å². The number of rotatable bonds is 10. The van der Waals surface area contributed by atoms with Crippen LogP contribution in [0.25, 0.3) is 127 Å². The van der Waals surface area contributed by atoms with Gasteiger partial charge in [0.05, 0.1) is 11.0 Å². The molecule has 0 spiro atoms. The highest BCUT2D eigenvalue weighted by atomic mass is 15.1. The monoisotopic (exact) mass is 1040 g/mol. The summed E-state index contributed by atoms with van der Waals surface area (Å²) in [6, 6.07) is 112. The summed E-state index contributed by atoms with van der Waals surface area (Å²) in [6.45, 7) is 4.55. The van der Waals surface area contributed by atoms with Crippen LogP contribution in [0.15, 0.2) is 303 Å². The Balaban J connectivity index is 0.864. The van der Waals surface area contributed by atoms with Gasteiger partial charge in [-0.05, 0) is 203 Å². The zero-order chi connectivity index (χ0) is 54.7. The van der Waals surface area contributed by atoms with Crippen LogP contribution >= 0.6 is 0 Å². The SMILES string of the molecule is Cc1cc(N(c2ccccc2)c2ccc(-n3c4ccc(-c5ccccc5-c5ccccc5)cc4c4cc(-c5ccccc5-c5ccccc5)ccc43)cc2)c(C)cc1-c1c2ccccc2c(-c2ccc3ccccc3c2)c2ccccc12. The molecule has 0 atom stereocenters. The number of nitrogens with zero attached hydrogens (tertiary/aromatic N) is 2. The molecule has 0 aliphatic rings. The Morgan fingerprint density at radius 3 is 1.22 bits per heavy atom. The first-order chi connectivity index (χ1) is 40.5. The first-order valence-electron chi connectivity index (χ1n) is 28.4. The Hall–Kier alpha value is -10.5. The summed E-state index contributed by atoms with van der Waals surface area (Å²) in [5.74, 6) is 0. The third-order valence-electron chi connectivity index (χ3n) is 16.8. The van der Waals surface area contributed by atoms with E-state index in [0.717, 1.165) is 33.8 Å². The number of aromatic nitrogens is 1. The van der Waals surface area contributed by atoms with Crippen molar-refractivity contribution in [1.82, 2.24) is 4.57 Å². The highest BCUT2D eigenvalue weighted by Gasteiger charge is 2.23. The molecule has 0 N–H and O–H groups in total. The summed E-state index contributed by atoms with van der Waals surface area (Å²) in [7, 11) is 0. The maximum atomic E-state index is 2.45. The molecule has 0 saturated carbocycles. The lowest BCUT2D eigenvalue weighted by atomic mass is 9.84. The van der Waals surface area contributed by atoms with Gasteiger partial charge in [0.15, 0.2) is 0 Å². The van der Waals surface area contributed by atoms with Crippen LogP contribution in [0.5, 0.6) is 0 Å². The molecular formula is C80H56N2. The second-order valence-electron chi connectivity index (χ2n) is 21.7. The number of anilines is 3. The third-order valence-corrected chi connectivity index (χ3v) is 16.8. The van der Waals surface area contributed by atoms with Crippen molar-refractivity contribution >= 4 is 71.2 Å². The van der Waals surface area contributed by atoms with Crippen molar-refractivity contribution in [2.24, 2.45) is 0 Å². The first kappa shape index (κ1) is 48.6. The van der Waals surface area contributed by atoms with E-state index in [9.17, 15) is 0 Å². The van der Waals surface area contributed by atoms with E-state index in [1.165, 1.54) is 121 Å². The average molecular weight is 1050 g/mol. The van der Waals surface area contributed by atoms with Crippen molar-refractivity contribution in [2.75, 3.05) is 4.90 Å². The van der Waals surface area contributed by atoms with Gasteiger partial charge < -0.3 is 9.47 Å². The predicted molar refractivity (Wildman–Crippen MR) is 350 cm³/mol. The molecule has 14 aromatic carbocycles. The molecule has 0 unspecified atom stereocenters. The molecule has 0 aliphatic heterocycles. The van der Waals surface area contributed by atoms with E-state index >= 15 is 0 Å². The molecule has 386 valence electrons. The van der Waals surface area contributed by atoms with Crippen LogP contribution in [0.4, 0.5) is 17.1 Å². The zero-order valence-electron chi connectivity index (χ0n) is 45.8. The fourth-order valence-electron chi connectivity index (χ4n) is 13.0. The van der Waals surface area contributed by atoms with Crippen molar-refractivity contribution in [3.63, 3.8) is 0 Å². The van der Waals surface area contributed by atoms with E-state index in [-0.39, 0.29) is 0 Å². The van der Waals surface area contributed by atoms with Gasteiger partial charge in [0.2, 0.25) is 0 Å². The average Bonchev–Trinajstić information content (AvgIpc) is 3.97. The van der Waals surface area contributed by atoms with E-state index in [1.54, 1.807) is 0 Å². The topological polar surface area (TPSA) is 8.17 Å². The molecule has 15 rings (SSSR count). The van der Waals surface area contributed by atoms with Gasteiger partial charge >= 0.3 is 0 Å². The smallest absolute Gasteiger partial charge is 0.0541 e. The van der Waals surface area contributed by atoms with E-state index in [2.05, 4.69) is 327 Å². The number of aryl methyl sites for hydroxylation is 2. The highest BCUT2D eigenvalue weighted by molar-refractivity contribution is 6.22. The molecule has 1 aromatic heterocycles. The normalized spacial score (nSPS) is 11.5. The predicted octanol–water partition coefficient (Wildman–Crippen LogP) is 22.3. The van der Waals surface area contributed by atoms with Crippen molar-refractivity contribution in [1.29, 1.82) is 0 Å². The second-order valence-corrected chi connectivity index (χ2v) is 21.7. The Morgan fingerprint density at radius 1 is 0.256 bits per heavy atom. The van der Waals surface area contributed by atoms with Crippen LogP contribution in [0.2, 0.25) is 0 Å². The second kappa shape index (κ2) is 20.3. The van der Waals surface area contributed by atoms with Crippen molar-refractivity contribution in [2.45, 2.75) is 13.8 Å². The summed E-state index contributed by atoms with van der Waals surface area (Å²) in [6.07, 6.45) is 0. The van der Waals surface area contributed by atoms with E-state index in [1.807, 2.05) is 0 Å². The van der Waals surface area contributed by atoms with Crippen LogP contribution in [0.3, 0.4) is 0 Å². The highest BCUT2D eigenvalue weighted by Crippen LogP contribution is 2.48. The molecule has 2 nitrogen and oxygen atoms in total. The summed E-state index contributed by atoms with van der Waals surface area (Å²) in [5.41, 5.74) is 23.8. The fourth-order valence-corrected chi connectivity index (χ4v) is 13.0. The Kier molecular flexibility index (Phi) is 12.0. The maximum absolute atomic E-state index is 2.45. The largest absolute Gasteiger partial charge is 0.310 e. The molecule has 0 bridgehead atoms. The van der Waals surface area contributed by atoms with Gasteiger partial charge in [0, 0.05) is 33.5 Å². The van der Waals surface area contributed by atoms with Crippen LogP contribution < -0.4 is 4.90 Å². The number of benzene rings is 14. The van der Waals surface area contributed by atoms with Crippen molar-refractivity contribution in [3.05, 3.63) is 314 Å². The van der Waals surface area contributed by atoms with Crippen LogP contribution in [-0.4, -0.2) is 4.57 Å². The molecule has 82 heavy (non-hydrogen) atoms. The molecule has 0 saturated heterocycles. The molecule has 0 fully saturated rings. The Morgan fingerprint density at radius 2 is 0.683 bits per heavy atom. The number of hydrogen-bond acceptors (Lipinski definition) is 1. The summed E-state index contributed by atoms with van der Waals surface area (Å²) in [5, 5.41) is 9.92.